The number of aldehydes is 1. The molecule has 0 unspecified atom stereocenters. The molecule has 0 heterocycles. The highest BCUT2D eigenvalue weighted by molar-refractivity contribution is 5.48. The van der Waals surface area contributed by atoms with Crippen LogP contribution in [0, 0.1) is 0 Å². The zero-order valence-electron chi connectivity index (χ0n) is 12.0. The number of rotatable bonds is 12. The normalized spacial score (nSPS) is 11.1. The minimum absolute atomic E-state index is 0. The second-order valence-electron chi connectivity index (χ2n) is 5.00. The van der Waals surface area contributed by atoms with Crippen LogP contribution in [0.1, 0.15) is 25.7 Å². The zero-order chi connectivity index (χ0) is 13.0. The van der Waals surface area contributed by atoms with Gasteiger partial charge in [0.05, 0.1) is 40.5 Å². The molecule has 110 valence electrons. The van der Waals surface area contributed by atoms with Crippen LogP contribution >= 0.6 is 0 Å². The Morgan fingerprint density at radius 3 is 2.33 bits per heavy atom. The summed E-state index contributed by atoms with van der Waals surface area (Å²) in [5.41, 5.74) is 0. The summed E-state index contributed by atoms with van der Waals surface area (Å²) in [5.74, 6) is 0. The number of halogens is 1. The molecule has 0 aromatic rings. The Morgan fingerprint density at radius 2 is 1.72 bits per heavy atom. The summed E-state index contributed by atoms with van der Waals surface area (Å²) in [7, 11) is 6.13. The molecular formula is C13H28BrNO3. The first-order chi connectivity index (χ1) is 8.12. The monoisotopic (exact) mass is 325 g/mol. The van der Waals surface area contributed by atoms with Gasteiger partial charge in [-0.25, -0.2) is 0 Å². The Bertz CT molecular complexity index is 189. The number of nitrogens with zero attached hydrogens (tertiary/aromatic N) is 1. The molecule has 4 nitrogen and oxygen atoms in total. The lowest BCUT2D eigenvalue weighted by Crippen LogP contribution is -3.00. The van der Waals surface area contributed by atoms with Gasteiger partial charge >= 0.3 is 0 Å². The smallest absolute Gasteiger partial charge is 0.119 e. The fourth-order valence-electron chi connectivity index (χ4n) is 1.61. The summed E-state index contributed by atoms with van der Waals surface area (Å²) in [6.07, 6.45) is 5.05. The fourth-order valence-corrected chi connectivity index (χ4v) is 1.61. The van der Waals surface area contributed by atoms with E-state index < -0.39 is 0 Å². The SMILES string of the molecule is COCCOCC[N+](C)(C)CCCCCC=O.[Br-]. The molecule has 0 fully saturated rings. The zero-order valence-corrected chi connectivity index (χ0v) is 13.6. The second kappa shape index (κ2) is 13.5. The molecule has 0 saturated carbocycles. The molecule has 0 spiro atoms. The van der Waals surface area contributed by atoms with Gasteiger partial charge in [0.2, 0.25) is 0 Å². The summed E-state index contributed by atoms with van der Waals surface area (Å²) in [6, 6.07) is 0. The van der Waals surface area contributed by atoms with Gasteiger partial charge < -0.3 is 35.7 Å². The van der Waals surface area contributed by atoms with Gasteiger partial charge in [-0.3, -0.25) is 0 Å². The Labute approximate surface area is 122 Å². The van der Waals surface area contributed by atoms with Crippen molar-refractivity contribution in [1.29, 1.82) is 0 Å². The number of carbonyl (C=O) groups excluding carboxylic acids is 1. The molecule has 0 amide bonds. The van der Waals surface area contributed by atoms with E-state index in [1.807, 2.05) is 0 Å². The predicted molar refractivity (Wildman–Crippen MR) is 69.1 cm³/mol. The number of quaternary nitrogens is 1. The van der Waals surface area contributed by atoms with Gasteiger partial charge in [-0.05, 0) is 19.3 Å². The Kier molecular flexibility index (Phi) is 15.2. The first-order valence-corrected chi connectivity index (χ1v) is 6.45. The van der Waals surface area contributed by atoms with Gasteiger partial charge in [0, 0.05) is 13.5 Å². The lowest BCUT2D eigenvalue weighted by molar-refractivity contribution is -0.891. The first-order valence-electron chi connectivity index (χ1n) is 6.45. The van der Waals surface area contributed by atoms with Crippen molar-refractivity contribution in [3.8, 4) is 0 Å². The van der Waals surface area contributed by atoms with Crippen LogP contribution in [-0.4, -0.2) is 64.9 Å². The van der Waals surface area contributed by atoms with E-state index in [-0.39, 0.29) is 17.0 Å². The third kappa shape index (κ3) is 14.1. The van der Waals surface area contributed by atoms with Crippen molar-refractivity contribution in [2.45, 2.75) is 25.7 Å². The standard InChI is InChI=1S/C13H28NO3.BrH/c1-14(2,8-6-4-5-7-10-15)9-11-17-13-12-16-3;/h10H,4-9,11-13H2,1-3H3;1H/q+1;/p-1. The van der Waals surface area contributed by atoms with Crippen LogP contribution < -0.4 is 17.0 Å². The number of ether oxygens (including phenoxy) is 2. The molecule has 0 saturated heterocycles. The average molecular weight is 326 g/mol. The molecule has 0 aromatic carbocycles. The van der Waals surface area contributed by atoms with E-state index in [1.54, 1.807) is 7.11 Å². The van der Waals surface area contributed by atoms with E-state index >= 15 is 0 Å². The van der Waals surface area contributed by atoms with Gasteiger partial charge in [-0.1, -0.05) is 0 Å². The molecule has 0 aromatic heterocycles. The highest BCUT2D eigenvalue weighted by atomic mass is 79.9. The lowest BCUT2D eigenvalue weighted by Gasteiger charge is -2.29. The van der Waals surface area contributed by atoms with Crippen LogP contribution in [0.4, 0.5) is 0 Å². The van der Waals surface area contributed by atoms with Crippen molar-refractivity contribution in [2.75, 3.05) is 54.1 Å². The predicted octanol–water partition coefficient (Wildman–Crippen LogP) is -1.51. The molecule has 0 aliphatic rings. The highest BCUT2D eigenvalue weighted by Gasteiger charge is 2.13. The van der Waals surface area contributed by atoms with Crippen molar-refractivity contribution in [3.63, 3.8) is 0 Å². The minimum Gasteiger partial charge on any atom is -1.00 e. The third-order valence-electron chi connectivity index (χ3n) is 2.86. The van der Waals surface area contributed by atoms with Gasteiger partial charge in [0.15, 0.2) is 0 Å². The molecule has 0 N–H and O–H groups in total. The molecule has 0 atom stereocenters. The van der Waals surface area contributed by atoms with Crippen LogP contribution in [0.2, 0.25) is 0 Å². The van der Waals surface area contributed by atoms with Crippen LogP contribution in [0.3, 0.4) is 0 Å². The molecule has 0 aliphatic carbocycles. The van der Waals surface area contributed by atoms with Gasteiger partial charge in [0.1, 0.15) is 12.8 Å². The summed E-state index contributed by atoms with van der Waals surface area (Å²) in [5, 5.41) is 0. The second-order valence-corrected chi connectivity index (χ2v) is 5.00. The van der Waals surface area contributed by atoms with Gasteiger partial charge in [0.25, 0.3) is 0 Å². The maximum atomic E-state index is 10.2. The van der Waals surface area contributed by atoms with E-state index in [1.165, 1.54) is 6.42 Å². The summed E-state index contributed by atoms with van der Waals surface area (Å²) in [6.45, 7) is 4.30. The largest absolute Gasteiger partial charge is 1.00 e. The maximum Gasteiger partial charge on any atom is 0.119 e. The van der Waals surface area contributed by atoms with Crippen molar-refractivity contribution >= 4 is 6.29 Å². The number of likely N-dealkylation sites (N-methyl/N-ethyl adjacent to an activating group) is 1. The topological polar surface area (TPSA) is 35.5 Å². The lowest BCUT2D eigenvalue weighted by atomic mass is 10.2. The van der Waals surface area contributed by atoms with Crippen LogP contribution in [-0.2, 0) is 14.3 Å². The molecule has 0 bridgehead atoms. The number of hydrogen-bond acceptors (Lipinski definition) is 3. The quantitative estimate of drug-likeness (QED) is 0.249. The van der Waals surface area contributed by atoms with Crippen LogP contribution in [0.15, 0.2) is 0 Å². The van der Waals surface area contributed by atoms with Crippen molar-refractivity contribution < 1.29 is 35.7 Å². The molecule has 0 rings (SSSR count). The Hall–Kier alpha value is 0.0300. The van der Waals surface area contributed by atoms with Crippen molar-refractivity contribution in [2.24, 2.45) is 0 Å². The molecular weight excluding hydrogens is 298 g/mol. The highest BCUT2D eigenvalue weighted by Crippen LogP contribution is 2.04. The van der Waals surface area contributed by atoms with E-state index in [9.17, 15) is 4.79 Å². The number of carbonyl (C=O) groups is 1. The van der Waals surface area contributed by atoms with E-state index in [0.29, 0.717) is 19.6 Å². The van der Waals surface area contributed by atoms with Gasteiger partial charge in [-0.15, -0.1) is 0 Å². The molecule has 5 heteroatoms. The van der Waals surface area contributed by atoms with E-state index in [4.69, 9.17) is 9.47 Å². The number of hydrogen-bond donors (Lipinski definition) is 0. The third-order valence-corrected chi connectivity index (χ3v) is 2.86. The van der Waals surface area contributed by atoms with E-state index in [2.05, 4.69) is 14.1 Å². The maximum absolute atomic E-state index is 10.2. The first kappa shape index (κ1) is 20.3. The summed E-state index contributed by atoms with van der Waals surface area (Å²) in [4.78, 5) is 10.2. The summed E-state index contributed by atoms with van der Waals surface area (Å²) < 4.78 is 11.4. The van der Waals surface area contributed by atoms with Gasteiger partial charge in [-0.2, -0.15) is 0 Å². The van der Waals surface area contributed by atoms with Crippen molar-refractivity contribution in [1.82, 2.24) is 0 Å². The van der Waals surface area contributed by atoms with Crippen LogP contribution in [0.25, 0.3) is 0 Å². The fraction of sp³-hybridized carbons (Fsp3) is 0.923. The molecule has 18 heavy (non-hydrogen) atoms. The number of methoxy groups -OCH3 is 1. The van der Waals surface area contributed by atoms with Crippen molar-refractivity contribution in [3.05, 3.63) is 0 Å². The number of unbranched alkanes of at least 4 members (excludes halogenated alkanes) is 3. The van der Waals surface area contributed by atoms with Crippen LogP contribution in [0.5, 0.6) is 0 Å². The molecule has 0 radical (unpaired) electrons. The molecule has 0 aliphatic heterocycles. The van der Waals surface area contributed by atoms with E-state index in [0.717, 1.165) is 43.3 Å². The summed E-state index contributed by atoms with van der Waals surface area (Å²) >= 11 is 0. The Balaban J connectivity index is 0. The Morgan fingerprint density at radius 1 is 1.00 bits per heavy atom. The minimum atomic E-state index is 0. The average Bonchev–Trinajstić information content (AvgIpc) is 2.28.